The van der Waals surface area contributed by atoms with Crippen molar-refractivity contribution in [3.05, 3.63) is 29.3 Å². The van der Waals surface area contributed by atoms with Crippen molar-refractivity contribution < 1.29 is 4.79 Å². The van der Waals surface area contributed by atoms with Gasteiger partial charge in [-0.2, -0.15) is 5.10 Å². The van der Waals surface area contributed by atoms with Crippen LogP contribution in [0, 0.1) is 0 Å². The Kier molecular flexibility index (Phi) is 3.25. The van der Waals surface area contributed by atoms with Gasteiger partial charge in [0.2, 0.25) is 0 Å². The van der Waals surface area contributed by atoms with E-state index < -0.39 is 0 Å². The van der Waals surface area contributed by atoms with Gasteiger partial charge in [-0.1, -0.05) is 31.0 Å². The maximum absolute atomic E-state index is 11.7. The molecule has 0 aliphatic carbocycles. The molecule has 84 valence electrons. The number of hydrogen-bond acceptors (Lipinski definition) is 2. The minimum atomic E-state index is 0.0192. The smallest absolute Gasteiger partial charge is 0.253 e. The number of rotatable bonds is 3. The van der Waals surface area contributed by atoms with E-state index in [2.05, 4.69) is 12.0 Å². The van der Waals surface area contributed by atoms with Crippen molar-refractivity contribution in [3.63, 3.8) is 0 Å². The Balaban J connectivity index is 2.24. The summed E-state index contributed by atoms with van der Waals surface area (Å²) in [4.78, 5) is 11.7. The first-order valence-electron chi connectivity index (χ1n) is 5.35. The van der Waals surface area contributed by atoms with E-state index in [1.165, 1.54) is 5.01 Å². The molecule has 1 heterocycles. The number of carbonyl (C=O) groups excluding carboxylic acids is 1. The highest BCUT2D eigenvalue weighted by Gasteiger charge is 2.24. The number of hydrogen-bond donors (Lipinski definition) is 0. The molecule has 0 unspecified atom stereocenters. The first kappa shape index (κ1) is 11.1. The van der Waals surface area contributed by atoms with E-state index in [4.69, 9.17) is 11.6 Å². The van der Waals surface area contributed by atoms with Crippen molar-refractivity contribution in [1.29, 1.82) is 0 Å². The second-order valence-corrected chi connectivity index (χ2v) is 4.21. The van der Waals surface area contributed by atoms with Gasteiger partial charge in [0.15, 0.2) is 0 Å². The summed E-state index contributed by atoms with van der Waals surface area (Å²) < 4.78 is 0. The maximum Gasteiger partial charge on any atom is 0.253 e. The molecule has 1 aliphatic heterocycles. The zero-order chi connectivity index (χ0) is 11.5. The predicted octanol–water partition coefficient (Wildman–Crippen LogP) is 3.23. The van der Waals surface area contributed by atoms with Crippen LogP contribution in [0.1, 0.15) is 26.2 Å². The average Bonchev–Trinajstić information content (AvgIpc) is 2.60. The van der Waals surface area contributed by atoms with Crippen molar-refractivity contribution in [3.8, 4) is 0 Å². The quantitative estimate of drug-likeness (QED) is 0.793. The number of benzene rings is 1. The third kappa shape index (κ3) is 2.25. The molecule has 2 rings (SSSR count). The lowest BCUT2D eigenvalue weighted by atomic mass is 10.2. The molecule has 0 atom stereocenters. The average molecular weight is 237 g/mol. The van der Waals surface area contributed by atoms with E-state index in [1.54, 1.807) is 12.1 Å². The second-order valence-electron chi connectivity index (χ2n) is 3.78. The van der Waals surface area contributed by atoms with Crippen LogP contribution in [0.3, 0.4) is 0 Å². The molecule has 0 fully saturated rings. The lowest BCUT2D eigenvalue weighted by molar-refractivity contribution is -0.116. The van der Waals surface area contributed by atoms with Crippen molar-refractivity contribution in [2.45, 2.75) is 26.2 Å². The van der Waals surface area contributed by atoms with E-state index in [1.807, 2.05) is 12.1 Å². The summed E-state index contributed by atoms with van der Waals surface area (Å²) in [5.74, 6) is 0.0192. The highest BCUT2D eigenvalue weighted by atomic mass is 35.5. The summed E-state index contributed by atoms with van der Waals surface area (Å²) in [5, 5.41) is 6.37. The molecule has 1 amide bonds. The minimum absolute atomic E-state index is 0.0192. The summed E-state index contributed by atoms with van der Waals surface area (Å²) in [7, 11) is 0. The van der Waals surface area contributed by atoms with Crippen LogP contribution >= 0.6 is 11.6 Å². The number of halogens is 1. The molecule has 0 aromatic heterocycles. The molecule has 0 bridgehead atoms. The zero-order valence-electron chi connectivity index (χ0n) is 9.11. The van der Waals surface area contributed by atoms with Gasteiger partial charge in [0.1, 0.15) is 0 Å². The van der Waals surface area contributed by atoms with Gasteiger partial charge in [-0.25, -0.2) is 5.01 Å². The van der Waals surface area contributed by atoms with Crippen LogP contribution < -0.4 is 5.01 Å². The van der Waals surface area contributed by atoms with Gasteiger partial charge in [-0.3, -0.25) is 4.79 Å². The van der Waals surface area contributed by atoms with Crippen LogP contribution in [0.25, 0.3) is 0 Å². The van der Waals surface area contributed by atoms with E-state index in [9.17, 15) is 4.79 Å². The molecule has 0 radical (unpaired) electrons. The molecule has 0 spiro atoms. The molecule has 0 saturated heterocycles. The van der Waals surface area contributed by atoms with Gasteiger partial charge < -0.3 is 0 Å². The summed E-state index contributed by atoms with van der Waals surface area (Å²) in [6.07, 6.45) is 2.32. The fraction of sp³-hybridized carbons (Fsp3) is 0.333. The first-order chi connectivity index (χ1) is 7.70. The largest absolute Gasteiger partial charge is 0.272 e. The summed E-state index contributed by atoms with van der Waals surface area (Å²) >= 11 is 5.88. The Morgan fingerprint density at radius 3 is 3.00 bits per heavy atom. The molecular weight excluding hydrogens is 224 g/mol. The topological polar surface area (TPSA) is 32.7 Å². The van der Waals surface area contributed by atoms with Gasteiger partial charge >= 0.3 is 0 Å². The SMILES string of the molecule is CCCC1=NN(c2cccc(Cl)c2)C(=O)C1. The van der Waals surface area contributed by atoms with Gasteiger partial charge in [0.05, 0.1) is 12.1 Å². The van der Waals surface area contributed by atoms with E-state index in [-0.39, 0.29) is 5.91 Å². The Bertz CT molecular complexity index is 442. The summed E-state index contributed by atoms with van der Waals surface area (Å²) in [6, 6.07) is 7.18. The molecule has 1 aromatic carbocycles. The number of nitrogens with zero attached hydrogens (tertiary/aromatic N) is 2. The molecule has 1 aliphatic rings. The zero-order valence-corrected chi connectivity index (χ0v) is 9.87. The van der Waals surface area contributed by atoms with Crippen LogP contribution in [0.15, 0.2) is 29.4 Å². The highest BCUT2D eigenvalue weighted by Crippen LogP contribution is 2.24. The van der Waals surface area contributed by atoms with Crippen molar-refractivity contribution in [1.82, 2.24) is 0 Å². The molecule has 0 N–H and O–H groups in total. The van der Waals surface area contributed by atoms with Crippen LogP contribution in [0.4, 0.5) is 5.69 Å². The van der Waals surface area contributed by atoms with Crippen molar-refractivity contribution in [2.75, 3.05) is 5.01 Å². The second kappa shape index (κ2) is 4.66. The van der Waals surface area contributed by atoms with Crippen LogP contribution in [0.5, 0.6) is 0 Å². The highest BCUT2D eigenvalue weighted by molar-refractivity contribution is 6.31. The van der Waals surface area contributed by atoms with Gasteiger partial charge in [-0.15, -0.1) is 0 Å². The standard InChI is InChI=1S/C12H13ClN2O/c1-2-4-10-8-12(16)15(14-10)11-6-3-5-9(13)7-11/h3,5-7H,2,4,8H2,1H3. The normalized spacial score (nSPS) is 15.5. The molecule has 1 aromatic rings. The first-order valence-corrected chi connectivity index (χ1v) is 5.73. The molecule has 3 nitrogen and oxygen atoms in total. The lowest BCUT2D eigenvalue weighted by Gasteiger charge is -2.11. The van der Waals surface area contributed by atoms with Crippen molar-refractivity contribution >= 4 is 28.9 Å². The summed E-state index contributed by atoms with van der Waals surface area (Å²) in [6.45, 7) is 2.08. The number of carbonyl (C=O) groups is 1. The van der Waals surface area contributed by atoms with Crippen LogP contribution in [-0.2, 0) is 4.79 Å². The maximum atomic E-state index is 11.7. The predicted molar refractivity (Wildman–Crippen MR) is 65.9 cm³/mol. The number of anilines is 1. The fourth-order valence-corrected chi connectivity index (χ4v) is 1.90. The van der Waals surface area contributed by atoms with Gasteiger partial charge in [-0.05, 0) is 24.6 Å². The Morgan fingerprint density at radius 1 is 1.50 bits per heavy atom. The molecule has 0 saturated carbocycles. The van der Waals surface area contributed by atoms with Crippen LogP contribution in [0.2, 0.25) is 5.02 Å². The van der Waals surface area contributed by atoms with Gasteiger partial charge in [0, 0.05) is 10.7 Å². The lowest BCUT2D eigenvalue weighted by Crippen LogP contribution is -2.19. The summed E-state index contributed by atoms with van der Waals surface area (Å²) in [5.41, 5.74) is 1.69. The van der Waals surface area contributed by atoms with Crippen molar-refractivity contribution in [2.24, 2.45) is 5.10 Å². The monoisotopic (exact) mass is 236 g/mol. The Morgan fingerprint density at radius 2 is 2.31 bits per heavy atom. The van der Waals surface area contributed by atoms with E-state index >= 15 is 0 Å². The number of hydrazone groups is 1. The third-order valence-electron chi connectivity index (χ3n) is 2.42. The molecular formula is C12H13ClN2O. The van der Waals surface area contributed by atoms with Crippen LogP contribution in [-0.4, -0.2) is 11.6 Å². The number of amides is 1. The Hall–Kier alpha value is -1.35. The molecule has 4 heteroatoms. The molecule has 16 heavy (non-hydrogen) atoms. The minimum Gasteiger partial charge on any atom is -0.272 e. The fourth-order valence-electron chi connectivity index (χ4n) is 1.72. The van der Waals surface area contributed by atoms with E-state index in [0.29, 0.717) is 11.4 Å². The third-order valence-corrected chi connectivity index (χ3v) is 2.66. The van der Waals surface area contributed by atoms with Gasteiger partial charge in [0.25, 0.3) is 5.91 Å². The Labute approximate surface area is 99.7 Å². The van der Waals surface area contributed by atoms with E-state index in [0.717, 1.165) is 24.2 Å².